The Kier molecular flexibility index (Phi) is 4.05. The van der Waals surface area contributed by atoms with Crippen molar-refractivity contribution in [3.05, 3.63) is 41.2 Å². The highest BCUT2D eigenvalue weighted by Gasteiger charge is 2.08. The molecule has 0 aliphatic rings. The summed E-state index contributed by atoms with van der Waals surface area (Å²) in [5.41, 5.74) is 1.50. The van der Waals surface area contributed by atoms with Crippen LogP contribution in [0.2, 0.25) is 5.02 Å². The first-order valence-corrected chi connectivity index (χ1v) is 6.20. The molecule has 1 heterocycles. The third kappa shape index (κ3) is 3.36. The third-order valence-corrected chi connectivity index (χ3v) is 2.88. The van der Waals surface area contributed by atoms with Crippen molar-refractivity contribution < 1.29 is 9.59 Å². The molecule has 0 fully saturated rings. The molecule has 0 radical (unpaired) electrons. The molecule has 6 nitrogen and oxygen atoms in total. The average molecular weight is 293 g/mol. The molecule has 2 N–H and O–H groups in total. The number of nitrogens with zero attached hydrogens (tertiary/aromatic N) is 2. The highest BCUT2D eigenvalue weighted by atomic mass is 35.5. The molecule has 7 heteroatoms. The zero-order valence-electron chi connectivity index (χ0n) is 11.0. The number of nitrogens with one attached hydrogen (secondary N) is 2. The first kappa shape index (κ1) is 14.1. The molecule has 0 bridgehead atoms. The van der Waals surface area contributed by atoms with Gasteiger partial charge in [0.2, 0.25) is 0 Å². The number of Topliss-reactive ketones (excluding diaryl/α,β-unsaturated/α-hetero) is 1. The largest absolute Gasteiger partial charge is 0.323 e. The molecule has 20 heavy (non-hydrogen) atoms. The summed E-state index contributed by atoms with van der Waals surface area (Å²) in [6.07, 6.45) is 3.21. The molecule has 2 amide bonds. The van der Waals surface area contributed by atoms with Crippen LogP contribution in [-0.2, 0) is 7.05 Å². The molecular weight excluding hydrogens is 280 g/mol. The van der Waals surface area contributed by atoms with E-state index in [9.17, 15) is 9.59 Å². The minimum atomic E-state index is -0.412. The van der Waals surface area contributed by atoms with Gasteiger partial charge in [-0.2, -0.15) is 5.10 Å². The van der Waals surface area contributed by atoms with Crippen molar-refractivity contribution in [3.8, 4) is 0 Å². The minimum Gasteiger partial charge on any atom is -0.308 e. The zero-order valence-corrected chi connectivity index (χ0v) is 11.7. The van der Waals surface area contributed by atoms with Crippen molar-refractivity contribution in [1.29, 1.82) is 0 Å². The van der Waals surface area contributed by atoms with Gasteiger partial charge in [-0.05, 0) is 25.1 Å². The normalized spacial score (nSPS) is 10.2. The topological polar surface area (TPSA) is 76.0 Å². The third-order valence-electron chi connectivity index (χ3n) is 2.57. The van der Waals surface area contributed by atoms with E-state index in [0.717, 1.165) is 0 Å². The lowest BCUT2D eigenvalue weighted by Crippen LogP contribution is -2.19. The first-order valence-electron chi connectivity index (χ1n) is 5.83. The van der Waals surface area contributed by atoms with Gasteiger partial charge in [0.15, 0.2) is 5.78 Å². The van der Waals surface area contributed by atoms with Gasteiger partial charge in [0.25, 0.3) is 0 Å². The summed E-state index contributed by atoms with van der Waals surface area (Å²) >= 11 is 5.97. The van der Waals surface area contributed by atoms with Crippen LogP contribution < -0.4 is 10.6 Å². The number of hydrogen-bond donors (Lipinski definition) is 2. The number of carbonyl (C=O) groups excluding carboxylic acids is 2. The van der Waals surface area contributed by atoms with Crippen molar-refractivity contribution in [2.45, 2.75) is 6.92 Å². The summed E-state index contributed by atoms with van der Waals surface area (Å²) in [7, 11) is 1.75. The number of ketones is 1. The fourth-order valence-electron chi connectivity index (χ4n) is 1.66. The van der Waals surface area contributed by atoms with Gasteiger partial charge < -0.3 is 10.6 Å². The number of hydrogen-bond acceptors (Lipinski definition) is 3. The fraction of sp³-hybridized carbons (Fsp3) is 0.154. The van der Waals surface area contributed by atoms with Gasteiger partial charge in [-0.15, -0.1) is 0 Å². The van der Waals surface area contributed by atoms with E-state index in [0.29, 0.717) is 22.0 Å². The number of rotatable bonds is 3. The summed E-state index contributed by atoms with van der Waals surface area (Å²) in [4.78, 5) is 23.0. The van der Waals surface area contributed by atoms with Crippen LogP contribution in [0.4, 0.5) is 16.2 Å². The van der Waals surface area contributed by atoms with E-state index < -0.39 is 6.03 Å². The number of aryl methyl sites for hydroxylation is 1. The number of halogens is 1. The second-order valence-corrected chi connectivity index (χ2v) is 4.64. The van der Waals surface area contributed by atoms with E-state index in [2.05, 4.69) is 15.7 Å². The average Bonchev–Trinajstić information content (AvgIpc) is 2.74. The van der Waals surface area contributed by atoms with Crippen LogP contribution in [0, 0.1) is 0 Å². The summed E-state index contributed by atoms with van der Waals surface area (Å²) in [6, 6.07) is 4.31. The van der Waals surface area contributed by atoms with Gasteiger partial charge in [-0.3, -0.25) is 9.48 Å². The Morgan fingerprint density at radius 3 is 2.50 bits per heavy atom. The maximum Gasteiger partial charge on any atom is 0.323 e. The van der Waals surface area contributed by atoms with Crippen molar-refractivity contribution in [1.82, 2.24) is 9.78 Å². The smallest absolute Gasteiger partial charge is 0.308 e. The standard InChI is InChI=1S/C13H13ClN4O2/c1-8(19)11-4-3-9(5-12(11)14)16-13(20)17-10-6-15-18(2)7-10/h3-7H,1-2H3,(H2,16,17,20). The predicted octanol–water partition coefficient (Wildman–Crippen LogP) is 2.92. The van der Waals surface area contributed by atoms with Gasteiger partial charge in [0.1, 0.15) is 0 Å². The Hall–Kier alpha value is -2.34. The van der Waals surface area contributed by atoms with Crippen molar-refractivity contribution >= 4 is 34.8 Å². The number of benzene rings is 1. The molecule has 0 atom stereocenters. The molecule has 0 saturated heterocycles. The first-order chi connectivity index (χ1) is 9.45. The van der Waals surface area contributed by atoms with E-state index in [4.69, 9.17) is 11.6 Å². The molecule has 1 aromatic heterocycles. The fourth-order valence-corrected chi connectivity index (χ4v) is 1.97. The number of amides is 2. The maximum atomic E-state index is 11.8. The lowest BCUT2D eigenvalue weighted by Gasteiger charge is -2.07. The molecule has 0 aliphatic carbocycles. The molecule has 0 unspecified atom stereocenters. The van der Waals surface area contributed by atoms with E-state index in [1.807, 2.05) is 0 Å². The Labute approximate surface area is 120 Å². The van der Waals surface area contributed by atoms with E-state index in [-0.39, 0.29) is 5.78 Å². The second-order valence-electron chi connectivity index (χ2n) is 4.23. The summed E-state index contributed by atoms with van der Waals surface area (Å²) in [5.74, 6) is -0.124. The predicted molar refractivity (Wildman–Crippen MR) is 77.3 cm³/mol. The molecule has 0 saturated carbocycles. The van der Waals surface area contributed by atoms with Crippen LogP contribution in [0.5, 0.6) is 0 Å². The number of aromatic nitrogens is 2. The van der Waals surface area contributed by atoms with Crippen molar-refractivity contribution in [3.63, 3.8) is 0 Å². The van der Waals surface area contributed by atoms with E-state index in [1.165, 1.54) is 19.2 Å². The Bertz CT molecular complexity index is 666. The molecule has 0 aliphatic heterocycles. The Morgan fingerprint density at radius 1 is 1.25 bits per heavy atom. The van der Waals surface area contributed by atoms with Gasteiger partial charge in [0, 0.05) is 24.5 Å². The molecular formula is C13H13ClN4O2. The maximum absolute atomic E-state index is 11.8. The van der Waals surface area contributed by atoms with Crippen LogP contribution >= 0.6 is 11.6 Å². The summed E-state index contributed by atoms with van der Waals surface area (Å²) in [6.45, 7) is 1.43. The Balaban J connectivity index is 2.04. The van der Waals surface area contributed by atoms with Crippen LogP contribution in [0.15, 0.2) is 30.6 Å². The Morgan fingerprint density at radius 2 is 1.95 bits per heavy atom. The van der Waals surface area contributed by atoms with Crippen LogP contribution in [-0.4, -0.2) is 21.6 Å². The lowest BCUT2D eigenvalue weighted by molar-refractivity contribution is 0.101. The van der Waals surface area contributed by atoms with Gasteiger partial charge in [-0.25, -0.2) is 4.79 Å². The monoisotopic (exact) mass is 292 g/mol. The number of urea groups is 1. The lowest BCUT2D eigenvalue weighted by atomic mass is 10.1. The summed E-state index contributed by atoms with van der Waals surface area (Å²) in [5, 5.41) is 9.49. The molecule has 104 valence electrons. The van der Waals surface area contributed by atoms with Crippen LogP contribution in [0.1, 0.15) is 17.3 Å². The van der Waals surface area contributed by atoms with E-state index >= 15 is 0 Å². The highest BCUT2D eigenvalue weighted by Crippen LogP contribution is 2.21. The van der Waals surface area contributed by atoms with E-state index in [1.54, 1.807) is 30.1 Å². The van der Waals surface area contributed by atoms with Crippen LogP contribution in [0.3, 0.4) is 0 Å². The number of carbonyl (C=O) groups is 2. The number of anilines is 2. The quantitative estimate of drug-likeness (QED) is 0.854. The van der Waals surface area contributed by atoms with Gasteiger partial charge in [-0.1, -0.05) is 11.6 Å². The zero-order chi connectivity index (χ0) is 14.7. The van der Waals surface area contributed by atoms with Gasteiger partial charge in [0.05, 0.1) is 16.9 Å². The SMILES string of the molecule is CC(=O)c1ccc(NC(=O)Nc2cnn(C)c2)cc1Cl. The molecule has 1 aromatic carbocycles. The molecule has 0 spiro atoms. The molecule has 2 rings (SSSR count). The van der Waals surface area contributed by atoms with Gasteiger partial charge >= 0.3 is 6.03 Å². The highest BCUT2D eigenvalue weighted by molar-refractivity contribution is 6.34. The summed E-state index contributed by atoms with van der Waals surface area (Å²) < 4.78 is 1.58. The molecule has 2 aromatic rings. The second kappa shape index (κ2) is 5.75. The van der Waals surface area contributed by atoms with Crippen LogP contribution in [0.25, 0.3) is 0 Å². The van der Waals surface area contributed by atoms with Crippen molar-refractivity contribution in [2.24, 2.45) is 7.05 Å². The minimum absolute atomic E-state index is 0.124. The van der Waals surface area contributed by atoms with Crippen molar-refractivity contribution in [2.75, 3.05) is 10.6 Å².